The molecule has 9 nitrogen and oxygen atoms in total. The minimum absolute atomic E-state index is 0.0857. The van der Waals surface area contributed by atoms with Crippen LogP contribution in [0, 0.1) is 6.92 Å². The van der Waals surface area contributed by atoms with Crippen LogP contribution in [-0.4, -0.2) is 70.5 Å². The van der Waals surface area contributed by atoms with Crippen LogP contribution in [0.5, 0.6) is 0 Å². The molecule has 1 aromatic heterocycles. The topological polar surface area (TPSA) is 114 Å². The molecule has 0 aromatic carbocycles. The molecule has 0 aliphatic carbocycles. The van der Waals surface area contributed by atoms with Gasteiger partial charge < -0.3 is 20.3 Å². The molecular formula is C17H23N5O4. The molecule has 0 bridgehead atoms. The van der Waals surface area contributed by atoms with E-state index in [9.17, 15) is 14.4 Å². The van der Waals surface area contributed by atoms with Crippen LogP contribution in [-0.2, 0) is 14.3 Å². The number of aryl methyl sites for hydroxylation is 1. The number of ether oxygens (including phenoxy) is 1. The van der Waals surface area contributed by atoms with Crippen molar-refractivity contribution in [3.8, 4) is 0 Å². The fourth-order valence-corrected chi connectivity index (χ4v) is 3.34. The first-order valence-corrected chi connectivity index (χ1v) is 8.63. The highest BCUT2D eigenvalue weighted by Crippen LogP contribution is 2.25. The molecule has 9 heteroatoms. The monoisotopic (exact) mass is 361 g/mol. The van der Waals surface area contributed by atoms with Crippen LogP contribution < -0.4 is 10.6 Å². The minimum atomic E-state index is -0.808. The second-order valence-electron chi connectivity index (χ2n) is 6.86. The lowest BCUT2D eigenvalue weighted by molar-refractivity contribution is -0.129. The molecule has 0 radical (unpaired) electrons. The standard InChI is InChI=1S/C17H23N5O4/c1-11-7-19-13(8-18-11)16(25)22-9-14(20-12(2)23)15(24)21-17(10-22)3-5-26-6-4-17/h7-8,14H,3-6,9-10H2,1-2H3,(H,20,23)(H,21,24). The number of nitrogens with zero attached hydrogens (tertiary/aromatic N) is 3. The van der Waals surface area contributed by atoms with Crippen LogP contribution in [0.4, 0.5) is 0 Å². The Morgan fingerprint density at radius 3 is 2.65 bits per heavy atom. The number of rotatable bonds is 2. The van der Waals surface area contributed by atoms with E-state index in [0.29, 0.717) is 38.3 Å². The Kier molecular flexibility index (Phi) is 5.17. The molecule has 3 amide bonds. The van der Waals surface area contributed by atoms with Gasteiger partial charge in [-0.1, -0.05) is 0 Å². The summed E-state index contributed by atoms with van der Waals surface area (Å²) in [5.74, 6) is -0.918. The zero-order valence-corrected chi connectivity index (χ0v) is 14.9. The third-order valence-corrected chi connectivity index (χ3v) is 4.72. The summed E-state index contributed by atoms with van der Waals surface area (Å²) in [7, 11) is 0. The van der Waals surface area contributed by atoms with Gasteiger partial charge in [0.25, 0.3) is 5.91 Å². The lowest BCUT2D eigenvalue weighted by Crippen LogP contribution is -2.57. The third-order valence-electron chi connectivity index (χ3n) is 4.72. The second-order valence-corrected chi connectivity index (χ2v) is 6.86. The fraction of sp³-hybridized carbons (Fsp3) is 0.588. The van der Waals surface area contributed by atoms with Crippen molar-refractivity contribution in [2.24, 2.45) is 0 Å². The predicted octanol–water partition coefficient (Wildman–Crippen LogP) is -0.589. The summed E-state index contributed by atoms with van der Waals surface area (Å²) >= 11 is 0. The number of hydrogen-bond acceptors (Lipinski definition) is 6. The molecule has 1 spiro atoms. The lowest BCUT2D eigenvalue weighted by atomic mass is 9.89. The number of amides is 3. The number of hydrogen-bond donors (Lipinski definition) is 2. The van der Waals surface area contributed by atoms with E-state index in [-0.39, 0.29) is 30.0 Å². The van der Waals surface area contributed by atoms with Gasteiger partial charge in [0.15, 0.2) is 0 Å². The van der Waals surface area contributed by atoms with Gasteiger partial charge in [0, 0.05) is 32.9 Å². The molecule has 2 fully saturated rings. The summed E-state index contributed by atoms with van der Waals surface area (Å²) in [5, 5.41) is 5.66. The second kappa shape index (κ2) is 7.36. The van der Waals surface area contributed by atoms with Gasteiger partial charge >= 0.3 is 0 Å². The van der Waals surface area contributed by atoms with Crippen LogP contribution in [0.2, 0.25) is 0 Å². The average molecular weight is 361 g/mol. The van der Waals surface area contributed by atoms with Crippen LogP contribution in [0.25, 0.3) is 0 Å². The smallest absolute Gasteiger partial charge is 0.274 e. The molecule has 1 aromatic rings. The first-order chi connectivity index (χ1) is 12.4. The number of carbonyl (C=O) groups excluding carboxylic acids is 3. The molecule has 2 aliphatic rings. The van der Waals surface area contributed by atoms with E-state index in [1.54, 1.807) is 11.8 Å². The Balaban J connectivity index is 1.89. The Labute approximate surface area is 151 Å². The van der Waals surface area contributed by atoms with E-state index in [1.807, 2.05) is 0 Å². The van der Waals surface area contributed by atoms with Crippen LogP contribution in [0.3, 0.4) is 0 Å². The Bertz CT molecular complexity index is 700. The van der Waals surface area contributed by atoms with Crippen LogP contribution in [0.1, 0.15) is 35.9 Å². The molecular weight excluding hydrogens is 338 g/mol. The Morgan fingerprint density at radius 1 is 1.31 bits per heavy atom. The predicted molar refractivity (Wildman–Crippen MR) is 91.2 cm³/mol. The Hall–Kier alpha value is -2.55. The molecule has 0 saturated carbocycles. The summed E-state index contributed by atoms with van der Waals surface area (Å²) in [6.45, 7) is 4.59. The molecule has 3 rings (SSSR count). The molecule has 1 atom stereocenters. The van der Waals surface area contributed by atoms with Gasteiger partial charge in [0.2, 0.25) is 11.8 Å². The molecule has 26 heavy (non-hydrogen) atoms. The molecule has 2 saturated heterocycles. The number of nitrogens with one attached hydrogen (secondary N) is 2. The summed E-state index contributed by atoms with van der Waals surface area (Å²) in [5.41, 5.74) is 0.371. The van der Waals surface area contributed by atoms with Gasteiger partial charge in [-0.2, -0.15) is 0 Å². The third kappa shape index (κ3) is 3.98. The summed E-state index contributed by atoms with van der Waals surface area (Å²) in [6, 6.07) is -0.808. The van der Waals surface area contributed by atoms with E-state index in [4.69, 9.17) is 4.74 Å². The van der Waals surface area contributed by atoms with E-state index in [2.05, 4.69) is 20.6 Å². The van der Waals surface area contributed by atoms with Crippen molar-refractivity contribution in [3.63, 3.8) is 0 Å². The van der Waals surface area contributed by atoms with Gasteiger partial charge in [-0.25, -0.2) is 4.98 Å². The summed E-state index contributed by atoms with van der Waals surface area (Å²) in [4.78, 5) is 46.9. The van der Waals surface area contributed by atoms with Crippen LogP contribution >= 0.6 is 0 Å². The maximum atomic E-state index is 13.0. The van der Waals surface area contributed by atoms with Crippen molar-refractivity contribution >= 4 is 17.7 Å². The number of aromatic nitrogens is 2. The van der Waals surface area contributed by atoms with Gasteiger partial charge in [-0.05, 0) is 19.8 Å². The highest BCUT2D eigenvalue weighted by Gasteiger charge is 2.43. The largest absolute Gasteiger partial charge is 0.381 e. The highest BCUT2D eigenvalue weighted by atomic mass is 16.5. The number of carbonyl (C=O) groups is 3. The highest BCUT2D eigenvalue weighted by molar-refractivity contribution is 5.94. The van der Waals surface area contributed by atoms with Crippen molar-refractivity contribution < 1.29 is 19.1 Å². The summed E-state index contributed by atoms with van der Waals surface area (Å²) < 4.78 is 5.41. The van der Waals surface area contributed by atoms with Gasteiger partial charge in [-0.3, -0.25) is 19.4 Å². The SMILES string of the molecule is CC(=O)NC1CN(C(=O)c2cnc(C)cn2)CC2(CCOCC2)NC1=O. The molecule has 2 N–H and O–H groups in total. The van der Waals surface area contributed by atoms with E-state index in [0.717, 1.165) is 0 Å². The van der Waals surface area contributed by atoms with Gasteiger partial charge in [-0.15, -0.1) is 0 Å². The van der Waals surface area contributed by atoms with E-state index < -0.39 is 11.6 Å². The van der Waals surface area contributed by atoms with Crippen molar-refractivity contribution in [2.75, 3.05) is 26.3 Å². The maximum absolute atomic E-state index is 13.0. The Morgan fingerprint density at radius 2 is 2.04 bits per heavy atom. The maximum Gasteiger partial charge on any atom is 0.274 e. The van der Waals surface area contributed by atoms with E-state index in [1.165, 1.54) is 19.3 Å². The lowest BCUT2D eigenvalue weighted by Gasteiger charge is -2.39. The van der Waals surface area contributed by atoms with Crippen molar-refractivity contribution in [2.45, 2.75) is 38.3 Å². The van der Waals surface area contributed by atoms with Crippen LogP contribution in [0.15, 0.2) is 12.4 Å². The van der Waals surface area contributed by atoms with Crippen molar-refractivity contribution in [3.05, 3.63) is 23.8 Å². The van der Waals surface area contributed by atoms with E-state index >= 15 is 0 Å². The normalized spacial score (nSPS) is 22.5. The zero-order chi connectivity index (χ0) is 18.7. The van der Waals surface area contributed by atoms with Gasteiger partial charge in [0.1, 0.15) is 11.7 Å². The van der Waals surface area contributed by atoms with Crippen molar-refractivity contribution in [1.29, 1.82) is 0 Å². The first-order valence-electron chi connectivity index (χ1n) is 8.63. The van der Waals surface area contributed by atoms with Gasteiger partial charge in [0.05, 0.1) is 24.0 Å². The molecule has 2 aliphatic heterocycles. The first kappa shape index (κ1) is 18.2. The molecule has 140 valence electrons. The average Bonchev–Trinajstić information content (AvgIpc) is 2.72. The quantitative estimate of drug-likeness (QED) is 0.728. The minimum Gasteiger partial charge on any atom is -0.381 e. The molecule has 3 heterocycles. The molecule has 1 unspecified atom stereocenters. The zero-order valence-electron chi connectivity index (χ0n) is 14.9. The van der Waals surface area contributed by atoms with Crippen molar-refractivity contribution in [1.82, 2.24) is 25.5 Å². The fourth-order valence-electron chi connectivity index (χ4n) is 3.34. The summed E-state index contributed by atoms with van der Waals surface area (Å²) in [6.07, 6.45) is 4.18.